The summed E-state index contributed by atoms with van der Waals surface area (Å²) in [5, 5.41) is 0. The van der Waals surface area contributed by atoms with Gasteiger partial charge in [0.1, 0.15) is 0 Å². The van der Waals surface area contributed by atoms with Gasteiger partial charge in [0.15, 0.2) is 0 Å². The van der Waals surface area contributed by atoms with Gasteiger partial charge in [0.2, 0.25) is 10.0 Å². The normalized spacial score (nSPS) is 18.5. The molecule has 0 N–H and O–H groups in total. The molecule has 4 nitrogen and oxygen atoms in total. The van der Waals surface area contributed by atoms with Crippen LogP contribution in [0.4, 0.5) is 0 Å². The van der Waals surface area contributed by atoms with E-state index in [1.165, 1.54) is 0 Å². The molecule has 1 saturated heterocycles. The summed E-state index contributed by atoms with van der Waals surface area (Å²) < 4.78 is 25.0. The molecular weight excluding hydrogens is 226 g/mol. The molecule has 2 rings (SSSR count). The zero-order valence-electron chi connectivity index (χ0n) is 9.00. The van der Waals surface area contributed by atoms with Gasteiger partial charge in [-0.1, -0.05) is 34.8 Å². The molecule has 5 heteroatoms. The molecule has 1 aromatic carbocycles. The molecule has 0 spiro atoms. The summed E-state index contributed by atoms with van der Waals surface area (Å²) in [5.74, 6) is 0.00778. The average molecular weight is 241 g/mol. The number of benzene rings is 1. The van der Waals surface area contributed by atoms with Crippen LogP contribution in [0.15, 0.2) is 30.3 Å². The van der Waals surface area contributed by atoms with Crippen molar-refractivity contribution in [3.05, 3.63) is 35.9 Å². The van der Waals surface area contributed by atoms with Gasteiger partial charge in [-0.05, 0) is 18.4 Å². The lowest BCUT2D eigenvalue weighted by atomic mass is 10.2. The highest BCUT2D eigenvalue weighted by molar-refractivity contribution is 7.88. The first kappa shape index (κ1) is 11.6. The molecule has 1 aromatic rings. The molecule has 1 heterocycles. The maximum absolute atomic E-state index is 12.0. The molecule has 16 heavy (non-hydrogen) atoms. The van der Waals surface area contributed by atoms with Gasteiger partial charge in [0, 0.05) is 6.54 Å². The van der Waals surface area contributed by atoms with Gasteiger partial charge < -0.3 is 0 Å². The van der Waals surface area contributed by atoms with Crippen molar-refractivity contribution in [1.82, 2.24) is 4.47 Å². The molecule has 1 aliphatic rings. The highest BCUT2D eigenvalue weighted by Gasteiger charge is 2.25. The van der Waals surface area contributed by atoms with Crippen LogP contribution in [0.25, 0.3) is 0 Å². The Kier molecular flexibility index (Phi) is 3.58. The third-order valence-corrected chi connectivity index (χ3v) is 4.08. The number of nitrogens with zero attached hydrogens (tertiary/aromatic N) is 1. The summed E-state index contributed by atoms with van der Waals surface area (Å²) in [6.45, 7) is 0.961. The fourth-order valence-electron chi connectivity index (χ4n) is 1.65. The monoisotopic (exact) mass is 241 g/mol. The summed E-state index contributed by atoms with van der Waals surface area (Å²) in [6, 6.07) is 9.15. The molecule has 1 aliphatic heterocycles. The lowest BCUT2D eigenvalue weighted by Crippen LogP contribution is -2.36. The van der Waals surface area contributed by atoms with E-state index in [-0.39, 0.29) is 5.75 Å². The van der Waals surface area contributed by atoms with E-state index in [0.717, 1.165) is 22.9 Å². The summed E-state index contributed by atoms with van der Waals surface area (Å²) >= 11 is 0. The topological polar surface area (TPSA) is 46.6 Å². The second-order valence-corrected chi connectivity index (χ2v) is 5.67. The Hall–Kier alpha value is -0.910. The van der Waals surface area contributed by atoms with Crippen molar-refractivity contribution in [3.63, 3.8) is 0 Å². The van der Waals surface area contributed by atoms with Crippen LogP contribution in [0.3, 0.4) is 0 Å². The fourth-order valence-corrected chi connectivity index (χ4v) is 3.05. The standard InChI is InChI=1S/C11H15NO3S/c13-16(14,12-8-4-5-9-15-12)10-11-6-2-1-3-7-11/h1-3,6-7H,4-5,8-10H2. The van der Waals surface area contributed by atoms with Crippen LogP contribution in [0.5, 0.6) is 0 Å². The highest BCUT2D eigenvalue weighted by atomic mass is 32.2. The molecule has 1 fully saturated rings. The minimum atomic E-state index is -3.33. The van der Waals surface area contributed by atoms with Crippen molar-refractivity contribution in [3.8, 4) is 0 Å². The zero-order valence-corrected chi connectivity index (χ0v) is 9.82. The molecule has 0 radical (unpaired) electrons. The smallest absolute Gasteiger partial charge is 0.240 e. The van der Waals surface area contributed by atoms with Crippen LogP contribution in [0.2, 0.25) is 0 Å². The third-order valence-electron chi connectivity index (χ3n) is 2.47. The van der Waals surface area contributed by atoms with Crippen LogP contribution in [-0.2, 0) is 20.6 Å². The van der Waals surface area contributed by atoms with E-state index in [1.807, 2.05) is 30.3 Å². The Balaban J connectivity index is 2.08. The number of hydrogen-bond donors (Lipinski definition) is 0. The summed E-state index contributed by atoms with van der Waals surface area (Å²) in [5.41, 5.74) is 0.789. The Morgan fingerprint density at radius 2 is 1.94 bits per heavy atom. The summed E-state index contributed by atoms with van der Waals surface area (Å²) in [7, 11) is -3.33. The van der Waals surface area contributed by atoms with E-state index >= 15 is 0 Å². The largest absolute Gasteiger partial charge is 0.284 e. The van der Waals surface area contributed by atoms with Gasteiger partial charge in [-0.15, -0.1) is 0 Å². The number of sulfonamides is 1. The Bertz CT molecular complexity index is 424. The van der Waals surface area contributed by atoms with Gasteiger partial charge in [0.25, 0.3) is 0 Å². The predicted octanol–water partition coefficient (Wildman–Crippen LogP) is 1.54. The average Bonchev–Trinajstić information content (AvgIpc) is 2.31. The summed E-state index contributed by atoms with van der Waals surface area (Å²) in [4.78, 5) is 5.16. The van der Waals surface area contributed by atoms with Gasteiger partial charge in [-0.25, -0.2) is 8.42 Å². The molecule has 0 aromatic heterocycles. The van der Waals surface area contributed by atoms with Gasteiger partial charge >= 0.3 is 0 Å². The number of hydroxylamine groups is 1. The predicted molar refractivity (Wildman–Crippen MR) is 61.0 cm³/mol. The first-order valence-corrected chi connectivity index (χ1v) is 6.97. The van der Waals surface area contributed by atoms with E-state index in [4.69, 9.17) is 4.84 Å². The lowest BCUT2D eigenvalue weighted by Gasteiger charge is -2.25. The second kappa shape index (κ2) is 4.95. The van der Waals surface area contributed by atoms with Crippen LogP contribution >= 0.6 is 0 Å². The first-order chi connectivity index (χ1) is 7.68. The highest BCUT2D eigenvalue weighted by Crippen LogP contribution is 2.15. The Morgan fingerprint density at radius 1 is 1.19 bits per heavy atom. The molecule has 0 saturated carbocycles. The Labute approximate surface area is 95.8 Å². The van der Waals surface area contributed by atoms with E-state index in [9.17, 15) is 8.42 Å². The molecule has 0 bridgehead atoms. The SMILES string of the molecule is O=S(=O)(Cc1ccccc1)N1CCCCO1. The number of hydrogen-bond acceptors (Lipinski definition) is 3. The van der Waals surface area contributed by atoms with Crippen LogP contribution < -0.4 is 0 Å². The molecule has 0 aliphatic carbocycles. The van der Waals surface area contributed by atoms with Crippen LogP contribution in [-0.4, -0.2) is 26.0 Å². The third kappa shape index (κ3) is 2.81. The van der Waals surface area contributed by atoms with Gasteiger partial charge in [0.05, 0.1) is 12.4 Å². The van der Waals surface area contributed by atoms with Gasteiger partial charge in [-0.2, -0.15) is 0 Å². The first-order valence-electron chi connectivity index (χ1n) is 5.36. The van der Waals surface area contributed by atoms with Crippen LogP contribution in [0.1, 0.15) is 18.4 Å². The fraction of sp³-hybridized carbons (Fsp3) is 0.455. The quantitative estimate of drug-likeness (QED) is 0.806. The number of rotatable bonds is 3. The lowest BCUT2D eigenvalue weighted by molar-refractivity contribution is -0.109. The summed E-state index contributed by atoms with van der Waals surface area (Å²) in [6.07, 6.45) is 1.80. The second-order valence-electron chi connectivity index (χ2n) is 3.81. The van der Waals surface area contributed by atoms with Crippen molar-refractivity contribution < 1.29 is 13.3 Å². The van der Waals surface area contributed by atoms with Crippen LogP contribution in [0, 0.1) is 0 Å². The van der Waals surface area contributed by atoms with E-state index in [0.29, 0.717) is 13.2 Å². The molecule has 88 valence electrons. The van der Waals surface area contributed by atoms with E-state index in [2.05, 4.69) is 0 Å². The van der Waals surface area contributed by atoms with Crippen molar-refractivity contribution in [2.24, 2.45) is 0 Å². The van der Waals surface area contributed by atoms with E-state index in [1.54, 1.807) is 0 Å². The Morgan fingerprint density at radius 3 is 2.56 bits per heavy atom. The minimum Gasteiger partial charge on any atom is -0.284 e. The van der Waals surface area contributed by atoms with Crippen molar-refractivity contribution in [2.45, 2.75) is 18.6 Å². The van der Waals surface area contributed by atoms with Gasteiger partial charge in [-0.3, -0.25) is 4.84 Å². The van der Waals surface area contributed by atoms with Crippen molar-refractivity contribution in [1.29, 1.82) is 0 Å². The molecular formula is C11H15NO3S. The maximum Gasteiger partial charge on any atom is 0.240 e. The molecule has 0 unspecified atom stereocenters. The minimum absolute atomic E-state index is 0.00778. The molecule has 0 amide bonds. The zero-order chi connectivity index (χ0) is 11.4. The van der Waals surface area contributed by atoms with Crippen molar-refractivity contribution in [2.75, 3.05) is 13.2 Å². The van der Waals surface area contributed by atoms with E-state index < -0.39 is 10.0 Å². The molecule has 0 atom stereocenters. The maximum atomic E-state index is 12.0. The van der Waals surface area contributed by atoms with Crippen molar-refractivity contribution >= 4 is 10.0 Å².